The predicted molar refractivity (Wildman–Crippen MR) is 135 cm³/mol. The minimum absolute atomic E-state index is 0.0419. The number of aromatic nitrogens is 1. The number of halogens is 3. The zero-order valence-corrected chi connectivity index (χ0v) is 20.1. The molecule has 1 aromatic heterocycles. The van der Waals surface area contributed by atoms with Crippen LogP contribution < -0.4 is 15.8 Å². The van der Waals surface area contributed by atoms with Gasteiger partial charge in [-0.15, -0.1) is 0 Å². The minimum atomic E-state index is -4.56. The zero-order chi connectivity index (χ0) is 25.4. The highest BCUT2D eigenvalue weighted by atomic mass is 19.4. The average molecular weight is 499 g/mol. The Morgan fingerprint density at radius 1 is 1.00 bits per heavy atom. The Morgan fingerprint density at radius 2 is 1.72 bits per heavy atom. The van der Waals surface area contributed by atoms with E-state index in [4.69, 9.17) is 0 Å². The van der Waals surface area contributed by atoms with Crippen molar-refractivity contribution in [3.8, 4) is 0 Å². The Labute approximate surface area is 207 Å². The van der Waals surface area contributed by atoms with Gasteiger partial charge in [0.15, 0.2) is 0 Å². The number of carbonyl (C=O) groups excluding carboxylic acids is 1. The van der Waals surface area contributed by atoms with E-state index in [9.17, 15) is 22.8 Å². The van der Waals surface area contributed by atoms with Crippen LogP contribution in [0.25, 0.3) is 10.9 Å². The quantitative estimate of drug-likeness (QED) is 0.521. The van der Waals surface area contributed by atoms with Gasteiger partial charge in [0.2, 0.25) is 5.56 Å². The third kappa shape index (κ3) is 5.11. The van der Waals surface area contributed by atoms with Crippen LogP contribution in [0.2, 0.25) is 0 Å². The summed E-state index contributed by atoms with van der Waals surface area (Å²) in [4.78, 5) is 31.9. The lowest BCUT2D eigenvalue weighted by molar-refractivity contribution is -0.137. The van der Waals surface area contributed by atoms with E-state index >= 15 is 0 Å². The van der Waals surface area contributed by atoms with Crippen LogP contribution in [0.1, 0.15) is 47.2 Å². The van der Waals surface area contributed by atoms with E-state index in [2.05, 4.69) is 15.2 Å². The highest BCUT2D eigenvalue weighted by Crippen LogP contribution is 2.34. The Bertz CT molecular complexity index is 1340. The second-order valence-electron chi connectivity index (χ2n) is 9.76. The van der Waals surface area contributed by atoms with Gasteiger partial charge in [0.25, 0.3) is 5.91 Å². The van der Waals surface area contributed by atoms with Gasteiger partial charge in [-0.25, -0.2) is 0 Å². The first kappa shape index (κ1) is 24.4. The zero-order valence-electron chi connectivity index (χ0n) is 20.1. The number of likely N-dealkylation sites (tertiary alicyclic amines) is 1. The van der Waals surface area contributed by atoms with Crippen LogP contribution in [0, 0.1) is 6.92 Å². The highest BCUT2D eigenvalue weighted by Gasteiger charge is 2.33. The van der Waals surface area contributed by atoms with Crippen molar-refractivity contribution in [2.24, 2.45) is 0 Å². The van der Waals surface area contributed by atoms with E-state index in [1.165, 1.54) is 18.9 Å². The molecule has 9 heteroatoms. The van der Waals surface area contributed by atoms with Crippen LogP contribution >= 0.6 is 0 Å². The number of rotatable bonds is 4. The molecule has 3 aromatic rings. The van der Waals surface area contributed by atoms with Gasteiger partial charge in [0, 0.05) is 53.0 Å². The maximum Gasteiger partial charge on any atom is 0.416 e. The van der Waals surface area contributed by atoms with Crippen molar-refractivity contribution >= 4 is 28.2 Å². The first-order chi connectivity index (χ1) is 17.2. The third-order valence-electron chi connectivity index (χ3n) is 7.30. The standard InChI is InChI=1S/C27H29F3N4O2/c1-17-12-25(35)32-24-5-4-20(16-23(17)24)31-26(36)18-13-19(27(28,29)30)15-22(14-18)34-10-6-21(7-11-34)33-8-2-3-9-33/h4-5,12-16,21H,2-3,6-11H2,1H3,(H,31,36)(H,32,35). The number of aromatic amines is 1. The van der Waals surface area contributed by atoms with E-state index in [-0.39, 0.29) is 11.1 Å². The van der Waals surface area contributed by atoms with Gasteiger partial charge < -0.3 is 20.1 Å². The SMILES string of the molecule is Cc1cc(=O)[nH]c2ccc(NC(=O)c3cc(N4CCC(N5CCCC5)CC4)cc(C(F)(F)F)c3)cc12. The van der Waals surface area contributed by atoms with Crippen LogP contribution in [0.15, 0.2) is 47.3 Å². The Balaban J connectivity index is 1.38. The number of hydrogen-bond donors (Lipinski definition) is 2. The maximum absolute atomic E-state index is 13.7. The van der Waals surface area contributed by atoms with Gasteiger partial charge in [0.05, 0.1) is 5.56 Å². The number of alkyl halides is 3. The summed E-state index contributed by atoms with van der Waals surface area (Å²) < 4.78 is 41.2. The average Bonchev–Trinajstić information content (AvgIpc) is 3.39. The summed E-state index contributed by atoms with van der Waals surface area (Å²) in [6, 6.07) is 10.5. The molecular weight excluding hydrogens is 469 g/mol. The predicted octanol–water partition coefficient (Wildman–Crippen LogP) is 5.17. The van der Waals surface area contributed by atoms with Crippen LogP contribution in [-0.4, -0.2) is 48.0 Å². The summed E-state index contributed by atoms with van der Waals surface area (Å²) in [6.45, 7) is 5.30. The molecular formula is C27H29F3N4O2. The molecule has 2 aliphatic heterocycles. The molecule has 6 nitrogen and oxygen atoms in total. The topological polar surface area (TPSA) is 68.4 Å². The first-order valence-electron chi connectivity index (χ1n) is 12.3. The molecule has 0 bridgehead atoms. The number of benzene rings is 2. The monoisotopic (exact) mass is 498 g/mol. The summed E-state index contributed by atoms with van der Waals surface area (Å²) >= 11 is 0. The van der Waals surface area contributed by atoms with Gasteiger partial charge in [-0.1, -0.05) is 0 Å². The second-order valence-corrected chi connectivity index (χ2v) is 9.76. The Hall–Kier alpha value is -3.33. The maximum atomic E-state index is 13.7. The molecule has 5 rings (SSSR count). The number of H-pyrrole nitrogens is 1. The number of fused-ring (bicyclic) bond motifs is 1. The number of anilines is 2. The smallest absolute Gasteiger partial charge is 0.371 e. The lowest BCUT2D eigenvalue weighted by Gasteiger charge is -2.38. The summed E-state index contributed by atoms with van der Waals surface area (Å²) in [6.07, 6.45) is -0.348. The molecule has 190 valence electrons. The van der Waals surface area contributed by atoms with Gasteiger partial charge in [-0.3, -0.25) is 9.59 Å². The molecule has 1 amide bonds. The van der Waals surface area contributed by atoms with Crippen LogP contribution in [0.4, 0.5) is 24.5 Å². The van der Waals surface area contributed by atoms with E-state index < -0.39 is 17.6 Å². The van der Waals surface area contributed by atoms with Gasteiger partial charge in [-0.05, 0) is 87.7 Å². The van der Waals surface area contributed by atoms with Crippen LogP contribution in [0.5, 0.6) is 0 Å². The largest absolute Gasteiger partial charge is 0.416 e. The summed E-state index contributed by atoms with van der Waals surface area (Å²) in [5.41, 5.74) is 1.12. The second kappa shape index (κ2) is 9.61. The van der Waals surface area contributed by atoms with Gasteiger partial charge in [0.1, 0.15) is 0 Å². The fourth-order valence-corrected chi connectivity index (χ4v) is 5.39. The van der Waals surface area contributed by atoms with Crippen molar-refractivity contribution in [1.29, 1.82) is 0 Å². The number of aryl methyl sites for hydroxylation is 1. The van der Waals surface area contributed by atoms with E-state index in [1.807, 2.05) is 4.90 Å². The molecule has 0 saturated carbocycles. The molecule has 0 atom stereocenters. The van der Waals surface area contributed by atoms with E-state index in [0.29, 0.717) is 36.0 Å². The third-order valence-corrected chi connectivity index (χ3v) is 7.30. The van der Waals surface area contributed by atoms with Gasteiger partial charge in [-0.2, -0.15) is 13.2 Å². The number of carbonyl (C=O) groups is 1. The lowest BCUT2D eigenvalue weighted by atomic mass is 10.0. The molecule has 2 aromatic carbocycles. The highest BCUT2D eigenvalue weighted by molar-refractivity contribution is 6.06. The summed E-state index contributed by atoms with van der Waals surface area (Å²) in [7, 11) is 0. The molecule has 36 heavy (non-hydrogen) atoms. The Morgan fingerprint density at radius 3 is 2.42 bits per heavy atom. The minimum Gasteiger partial charge on any atom is -0.371 e. The normalized spacial score (nSPS) is 17.6. The molecule has 2 aliphatic rings. The number of hydrogen-bond acceptors (Lipinski definition) is 4. The number of amides is 1. The van der Waals surface area contributed by atoms with Gasteiger partial charge >= 0.3 is 6.18 Å². The van der Waals surface area contributed by atoms with Crippen molar-refractivity contribution in [2.45, 2.75) is 44.8 Å². The van der Waals surface area contributed by atoms with Crippen molar-refractivity contribution in [2.75, 3.05) is 36.4 Å². The first-order valence-corrected chi connectivity index (χ1v) is 12.3. The number of nitrogens with one attached hydrogen (secondary N) is 2. The van der Waals surface area contributed by atoms with Crippen LogP contribution in [0.3, 0.4) is 0 Å². The molecule has 2 saturated heterocycles. The molecule has 0 radical (unpaired) electrons. The van der Waals surface area contributed by atoms with E-state index in [0.717, 1.165) is 49.0 Å². The number of piperidine rings is 1. The lowest BCUT2D eigenvalue weighted by Crippen LogP contribution is -2.44. The summed E-state index contributed by atoms with van der Waals surface area (Å²) in [5.74, 6) is -0.615. The fraction of sp³-hybridized carbons (Fsp3) is 0.407. The summed E-state index contributed by atoms with van der Waals surface area (Å²) in [5, 5.41) is 3.47. The fourth-order valence-electron chi connectivity index (χ4n) is 5.39. The van der Waals surface area contributed by atoms with Crippen LogP contribution in [-0.2, 0) is 6.18 Å². The number of nitrogens with zero attached hydrogens (tertiary/aromatic N) is 2. The number of pyridine rings is 1. The molecule has 0 spiro atoms. The Kier molecular flexibility index (Phi) is 6.51. The van der Waals surface area contributed by atoms with Crippen molar-refractivity contribution in [3.63, 3.8) is 0 Å². The molecule has 2 N–H and O–H groups in total. The molecule has 3 heterocycles. The van der Waals surface area contributed by atoms with Crippen molar-refractivity contribution < 1.29 is 18.0 Å². The van der Waals surface area contributed by atoms with E-state index in [1.54, 1.807) is 31.2 Å². The van der Waals surface area contributed by atoms with Crippen molar-refractivity contribution in [1.82, 2.24) is 9.88 Å². The molecule has 0 unspecified atom stereocenters. The molecule has 2 fully saturated rings. The molecule has 0 aliphatic carbocycles. The van der Waals surface area contributed by atoms with Crippen molar-refractivity contribution in [3.05, 3.63) is 69.5 Å².